The van der Waals surface area contributed by atoms with Gasteiger partial charge < -0.3 is 14.8 Å². The van der Waals surface area contributed by atoms with Crippen LogP contribution in [0.25, 0.3) is 11.1 Å². The van der Waals surface area contributed by atoms with Gasteiger partial charge in [0, 0.05) is 12.1 Å². The molecule has 1 aromatic heterocycles. The van der Waals surface area contributed by atoms with Crippen LogP contribution in [-0.4, -0.2) is 26.2 Å². The van der Waals surface area contributed by atoms with Gasteiger partial charge >= 0.3 is 6.61 Å². The summed E-state index contributed by atoms with van der Waals surface area (Å²) in [6.07, 6.45) is 0.531. The van der Waals surface area contributed by atoms with Crippen LogP contribution >= 0.6 is 11.3 Å². The standard InChI is InChI=1S/C21H19F2NO3S/c1-26-18-13-14(7-8-17(18)27-21(22)23)9-11-24-20(25)19-16(10-12-28-19)15-5-3-2-4-6-15/h2-8,10,12-13,21H,9,11H2,1H3,(H,24,25). The number of ether oxygens (including phenoxy) is 2. The van der Waals surface area contributed by atoms with Crippen molar-refractivity contribution in [2.75, 3.05) is 13.7 Å². The second kappa shape index (κ2) is 9.32. The molecule has 0 fully saturated rings. The van der Waals surface area contributed by atoms with E-state index in [1.54, 1.807) is 12.1 Å². The third-order valence-electron chi connectivity index (χ3n) is 4.10. The van der Waals surface area contributed by atoms with Crippen LogP contribution in [0.4, 0.5) is 8.78 Å². The monoisotopic (exact) mass is 403 g/mol. The fraction of sp³-hybridized carbons (Fsp3) is 0.190. The Bertz CT molecular complexity index is 928. The van der Waals surface area contributed by atoms with Gasteiger partial charge in [0.2, 0.25) is 0 Å². The van der Waals surface area contributed by atoms with E-state index in [2.05, 4.69) is 10.1 Å². The summed E-state index contributed by atoms with van der Waals surface area (Å²) in [4.78, 5) is 13.2. The highest BCUT2D eigenvalue weighted by atomic mass is 32.1. The predicted octanol–water partition coefficient (Wildman–Crippen LogP) is 5.00. The molecule has 0 unspecified atom stereocenters. The van der Waals surface area contributed by atoms with Gasteiger partial charge in [-0.05, 0) is 41.1 Å². The first-order valence-corrected chi connectivity index (χ1v) is 9.49. The molecule has 0 atom stereocenters. The summed E-state index contributed by atoms with van der Waals surface area (Å²) in [5, 5.41) is 4.80. The second-order valence-corrected chi connectivity index (χ2v) is 6.82. The predicted molar refractivity (Wildman–Crippen MR) is 105 cm³/mol. The first kappa shape index (κ1) is 19.8. The number of benzene rings is 2. The maximum atomic E-state index is 12.6. The summed E-state index contributed by atoms with van der Waals surface area (Å²) in [6.45, 7) is -2.51. The average Bonchev–Trinajstić information content (AvgIpc) is 3.19. The Hall–Kier alpha value is -2.93. The van der Waals surface area contributed by atoms with Gasteiger partial charge in [-0.25, -0.2) is 0 Å². The largest absolute Gasteiger partial charge is 0.493 e. The summed E-state index contributed by atoms with van der Waals surface area (Å²) in [5.41, 5.74) is 2.74. The molecule has 0 saturated heterocycles. The summed E-state index contributed by atoms with van der Waals surface area (Å²) >= 11 is 1.39. The Labute approximate surface area is 165 Å². The van der Waals surface area contributed by atoms with E-state index in [1.165, 1.54) is 24.5 Å². The summed E-state index contributed by atoms with van der Waals surface area (Å²) in [6, 6.07) is 16.4. The van der Waals surface area contributed by atoms with E-state index < -0.39 is 6.61 Å². The van der Waals surface area contributed by atoms with Crippen molar-refractivity contribution in [3.05, 3.63) is 70.4 Å². The molecule has 1 heterocycles. The molecule has 3 rings (SSSR count). The highest BCUT2D eigenvalue weighted by Gasteiger charge is 2.15. The van der Waals surface area contributed by atoms with Crippen molar-refractivity contribution in [3.63, 3.8) is 0 Å². The van der Waals surface area contributed by atoms with Gasteiger partial charge in [0.05, 0.1) is 12.0 Å². The molecule has 146 valence electrons. The van der Waals surface area contributed by atoms with Crippen LogP contribution in [-0.2, 0) is 6.42 Å². The molecule has 0 radical (unpaired) electrons. The van der Waals surface area contributed by atoms with E-state index in [-0.39, 0.29) is 17.4 Å². The van der Waals surface area contributed by atoms with Crippen LogP contribution in [0.2, 0.25) is 0 Å². The van der Waals surface area contributed by atoms with Crippen molar-refractivity contribution in [2.45, 2.75) is 13.0 Å². The van der Waals surface area contributed by atoms with E-state index in [4.69, 9.17) is 4.74 Å². The zero-order valence-electron chi connectivity index (χ0n) is 15.2. The van der Waals surface area contributed by atoms with Crippen molar-refractivity contribution >= 4 is 17.2 Å². The van der Waals surface area contributed by atoms with Gasteiger partial charge in [0.25, 0.3) is 5.91 Å². The number of nitrogens with one attached hydrogen (secondary N) is 1. The minimum atomic E-state index is -2.91. The number of hydrogen-bond acceptors (Lipinski definition) is 4. The molecule has 1 amide bonds. The van der Waals surface area contributed by atoms with Gasteiger partial charge in [-0.2, -0.15) is 8.78 Å². The molecule has 0 saturated carbocycles. The number of amides is 1. The zero-order chi connectivity index (χ0) is 19.9. The van der Waals surface area contributed by atoms with Gasteiger partial charge in [-0.15, -0.1) is 11.3 Å². The van der Waals surface area contributed by atoms with Gasteiger partial charge in [0.1, 0.15) is 0 Å². The lowest BCUT2D eigenvalue weighted by molar-refractivity contribution is -0.0512. The molecular formula is C21H19F2NO3S. The number of carbonyl (C=O) groups is 1. The normalized spacial score (nSPS) is 10.7. The van der Waals surface area contributed by atoms with Gasteiger partial charge in [-0.3, -0.25) is 4.79 Å². The van der Waals surface area contributed by atoms with Gasteiger partial charge in [-0.1, -0.05) is 36.4 Å². The van der Waals surface area contributed by atoms with Crippen molar-refractivity contribution < 1.29 is 23.0 Å². The quantitative estimate of drug-likeness (QED) is 0.576. The lowest BCUT2D eigenvalue weighted by Gasteiger charge is -2.12. The van der Waals surface area contributed by atoms with Crippen LogP contribution in [0.15, 0.2) is 60.0 Å². The van der Waals surface area contributed by atoms with Crippen molar-refractivity contribution in [1.82, 2.24) is 5.32 Å². The van der Waals surface area contributed by atoms with E-state index >= 15 is 0 Å². The van der Waals surface area contributed by atoms with E-state index in [0.29, 0.717) is 17.8 Å². The molecule has 4 nitrogen and oxygen atoms in total. The number of thiophene rings is 1. The molecule has 0 aliphatic heterocycles. The molecule has 0 spiro atoms. The Kier molecular flexibility index (Phi) is 6.60. The van der Waals surface area contributed by atoms with E-state index in [0.717, 1.165) is 16.7 Å². The van der Waals surface area contributed by atoms with Crippen LogP contribution < -0.4 is 14.8 Å². The number of alkyl halides is 2. The number of methoxy groups -OCH3 is 1. The average molecular weight is 403 g/mol. The van der Waals surface area contributed by atoms with Gasteiger partial charge in [0.15, 0.2) is 11.5 Å². The third kappa shape index (κ3) is 4.86. The minimum Gasteiger partial charge on any atom is -0.493 e. The Morgan fingerprint density at radius 1 is 1.11 bits per heavy atom. The molecule has 3 aromatic rings. The maximum absolute atomic E-state index is 12.6. The fourth-order valence-corrected chi connectivity index (χ4v) is 3.62. The SMILES string of the molecule is COc1cc(CCNC(=O)c2sccc2-c2ccccc2)ccc1OC(F)F. The molecule has 0 aliphatic carbocycles. The summed E-state index contributed by atoms with van der Waals surface area (Å²) in [5.74, 6) is 0.0728. The van der Waals surface area contributed by atoms with Crippen LogP contribution in [0.1, 0.15) is 15.2 Å². The Morgan fingerprint density at radius 2 is 1.89 bits per heavy atom. The third-order valence-corrected chi connectivity index (χ3v) is 5.01. The number of halogens is 2. The Morgan fingerprint density at radius 3 is 2.61 bits per heavy atom. The van der Waals surface area contributed by atoms with Crippen LogP contribution in [0.5, 0.6) is 11.5 Å². The Balaban J connectivity index is 1.62. The van der Waals surface area contributed by atoms with Crippen LogP contribution in [0, 0.1) is 0 Å². The van der Waals surface area contributed by atoms with Crippen molar-refractivity contribution in [2.24, 2.45) is 0 Å². The topological polar surface area (TPSA) is 47.6 Å². The first-order chi connectivity index (χ1) is 13.6. The highest BCUT2D eigenvalue weighted by molar-refractivity contribution is 7.12. The van der Waals surface area contributed by atoms with E-state index in [9.17, 15) is 13.6 Å². The number of rotatable bonds is 8. The molecule has 0 bridgehead atoms. The molecule has 0 aliphatic rings. The summed E-state index contributed by atoms with van der Waals surface area (Å²) in [7, 11) is 1.39. The van der Waals surface area contributed by atoms with Crippen molar-refractivity contribution in [3.8, 4) is 22.6 Å². The molecule has 1 N–H and O–H groups in total. The fourth-order valence-electron chi connectivity index (χ4n) is 2.79. The van der Waals surface area contributed by atoms with Crippen molar-refractivity contribution in [1.29, 1.82) is 0 Å². The summed E-state index contributed by atoms with van der Waals surface area (Å²) < 4.78 is 34.3. The molecule has 28 heavy (non-hydrogen) atoms. The molecule has 2 aromatic carbocycles. The number of carbonyl (C=O) groups excluding carboxylic acids is 1. The second-order valence-electron chi connectivity index (χ2n) is 5.90. The minimum absolute atomic E-state index is 0.0172. The van der Waals surface area contributed by atoms with Crippen LogP contribution in [0.3, 0.4) is 0 Å². The number of hydrogen-bond donors (Lipinski definition) is 1. The van der Waals surface area contributed by atoms with E-state index in [1.807, 2.05) is 41.8 Å². The lowest BCUT2D eigenvalue weighted by atomic mass is 10.1. The molecular weight excluding hydrogens is 384 g/mol. The smallest absolute Gasteiger partial charge is 0.387 e. The molecule has 7 heteroatoms. The zero-order valence-corrected chi connectivity index (χ0v) is 16.0. The maximum Gasteiger partial charge on any atom is 0.387 e. The lowest BCUT2D eigenvalue weighted by Crippen LogP contribution is -2.25. The highest BCUT2D eigenvalue weighted by Crippen LogP contribution is 2.30. The first-order valence-electron chi connectivity index (χ1n) is 8.61.